The lowest BCUT2D eigenvalue weighted by Crippen LogP contribution is -2.59. The summed E-state index contributed by atoms with van der Waals surface area (Å²) < 4.78 is 11.9. The van der Waals surface area contributed by atoms with Gasteiger partial charge in [0.15, 0.2) is 11.5 Å². The molecule has 0 amide bonds. The Balaban J connectivity index is 1.16. The molecule has 1 spiro atoms. The Kier molecular flexibility index (Phi) is 4.97. The zero-order valence-corrected chi connectivity index (χ0v) is 18.8. The van der Waals surface area contributed by atoms with Gasteiger partial charge in [-0.2, -0.15) is 0 Å². The summed E-state index contributed by atoms with van der Waals surface area (Å²) in [7, 11) is 1.74. The van der Waals surface area contributed by atoms with Crippen LogP contribution < -0.4 is 14.8 Å². The van der Waals surface area contributed by atoms with E-state index in [4.69, 9.17) is 14.5 Å². The number of likely N-dealkylation sites (tertiary alicyclic amines) is 1. The van der Waals surface area contributed by atoms with Crippen molar-refractivity contribution < 1.29 is 9.47 Å². The Labute approximate surface area is 185 Å². The molecular weight excluding hydrogens is 386 g/mol. The maximum Gasteiger partial charge on any atom is 0.163 e. The molecule has 5 heteroatoms. The van der Waals surface area contributed by atoms with E-state index in [1.54, 1.807) is 7.11 Å². The van der Waals surface area contributed by atoms with Gasteiger partial charge in [0, 0.05) is 49.0 Å². The molecular formula is C26H35N3O2. The van der Waals surface area contributed by atoms with E-state index in [9.17, 15) is 0 Å². The molecule has 2 heterocycles. The molecule has 1 aromatic heterocycles. The molecule has 3 fully saturated rings. The van der Waals surface area contributed by atoms with E-state index in [0.717, 1.165) is 61.9 Å². The van der Waals surface area contributed by atoms with Crippen molar-refractivity contribution in [3.8, 4) is 11.5 Å². The summed E-state index contributed by atoms with van der Waals surface area (Å²) in [5.74, 6) is 2.49. The van der Waals surface area contributed by atoms with Gasteiger partial charge in [0.25, 0.3) is 0 Å². The van der Waals surface area contributed by atoms with E-state index in [1.807, 2.05) is 0 Å². The van der Waals surface area contributed by atoms with E-state index in [1.165, 1.54) is 73.9 Å². The Morgan fingerprint density at radius 2 is 2.00 bits per heavy atom. The number of aromatic nitrogens is 1. The average Bonchev–Trinajstić information content (AvgIpc) is 3.43. The minimum Gasteiger partial charge on any atom is -0.493 e. The van der Waals surface area contributed by atoms with Crippen molar-refractivity contribution >= 4 is 16.6 Å². The molecule has 1 saturated heterocycles. The average molecular weight is 422 g/mol. The Hall–Kier alpha value is -2.01. The predicted octanol–water partition coefficient (Wildman–Crippen LogP) is 4.81. The summed E-state index contributed by atoms with van der Waals surface area (Å²) in [6.45, 7) is 5.54. The minimum absolute atomic E-state index is 0.708. The van der Waals surface area contributed by atoms with Gasteiger partial charge < -0.3 is 19.7 Å². The van der Waals surface area contributed by atoms with Crippen LogP contribution in [0.3, 0.4) is 0 Å². The SMILES string of the molecule is COc1cc2c(NCC3CC3)c3c(nc2cc1OCCCN1CC2(CCC2)C1)CCC3. The number of nitrogens with zero attached hydrogens (tertiary/aromatic N) is 2. The van der Waals surface area contributed by atoms with Crippen molar-refractivity contribution in [1.82, 2.24) is 9.88 Å². The summed E-state index contributed by atoms with van der Waals surface area (Å²) in [6, 6.07) is 4.24. The molecule has 1 aliphatic heterocycles. The van der Waals surface area contributed by atoms with Crippen LogP contribution in [0.1, 0.15) is 56.2 Å². The molecule has 0 unspecified atom stereocenters. The summed E-state index contributed by atoms with van der Waals surface area (Å²) >= 11 is 0. The summed E-state index contributed by atoms with van der Waals surface area (Å²) in [5.41, 5.74) is 5.72. The molecule has 0 bridgehead atoms. The second kappa shape index (κ2) is 7.84. The van der Waals surface area contributed by atoms with Gasteiger partial charge in [-0.3, -0.25) is 4.98 Å². The number of ether oxygens (including phenoxy) is 2. The standard InChI is InChI=1S/C26H35N3O2/c1-30-23-13-20-22(28-21-6-2-5-19(21)25(20)27-15-18-7-8-18)14-24(23)31-12-4-11-29-16-26(17-29)9-3-10-26/h13-14,18H,2-12,15-17H2,1H3,(H,27,28). The molecule has 0 atom stereocenters. The first-order valence-corrected chi connectivity index (χ1v) is 12.4. The lowest BCUT2D eigenvalue weighted by Gasteiger charge is -2.56. The number of nitrogens with one attached hydrogen (secondary N) is 1. The number of fused-ring (bicyclic) bond motifs is 2. The van der Waals surface area contributed by atoms with E-state index >= 15 is 0 Å². The molecule has 31 heavy (non-hydrogen) atoms. The van der Waals surface area contributed by atoms with Gasteiger partial charge in [-0.1, -0.05) is 6.42 Å². The van der Waals surface area contributed by atoms with Gasteiger partial charge in [0.1, 0.15) is 0 Å². The molecule has 2 aromatic rings. The molecule has 1 N–H and O–H groups in total. The van der Waals surface area contributed by atoms with Crippen molar-refractivity contribution in [1.29, 1.82) is 0 Å². The third kappa shape index (κ3) is 3.75. The maximum atomic E-state index is 6.20. The van der Waals surface area contributed by atoms with Crippen molar-refractivity contribution in [3.63, 3.8) is 0 Å². The fraction of sp³-hybridized carbons (Fsp3) is 0.654. The van der Waals surface area contributed by atoms with Crippen LogP contribution in [-0.4, -0.2) is 49.8 Å². The first-order valence-electron chi connectivity index (χ1n) is 12.4. The van der Waals surface area contributed by atoms with Gasteiger partial charge in [-0.25, -0.2) is 0 Å². The Morgan fingerprint density at radius 1 is 1.13 bits per heavy atom. The van der Waals surface area contributed by atoms with Gasteiger partial charge in [0.2, 0.25) is 0 Å². The highest BCUT2D eigenvalue weighted by molar-refractivity contribution is 5.96. The highest BCUT2D eigenvalue weighted by atomic mass is 16.5. The fourth-order valence-corrected chi connectivity index (χ4v) is 5.84. The highest BCUT2D eigenvalue weighted by Gasteiger charge is 2.46. The van der Waals surface area contributed by atoms with Crippen LogP contribution >= 0.6 is 0 Å². The normalized spacial score (nSPS) is 21.6. The molecule has 1 aromatic carbocycles. The zero-order chi connectivity index (χ0) is 20.8. The third-order valence-corrected chi connectivity index (χ3v) is 7.97. The topological polar surface area (TPSA) is 46.6 Å². The number of aryl methyl sites for hydroxylation is 1. The van der Waals surface area contributed by atoms with Crippen molar-refractivity contribution in [2.75, 3.05) is 45.2 Å². The number of hydrogen-bond acceptors (Lipinski definition) is 5. The highest BCUT2D eigenvalue weighted by Crippen LogP contribution is 2.48. The van der Waals surface area contributed by atoms with E-state index < -0.39 is 0 Å². The monoisotopic (exact) mass is 421 g/mol. The summed E-state index contributed by atoms with van der Waals surface area (Å²) in [5, 5.41) is 4.95. The van der Waals surface area contributed by atoms with E-state index in [-0.39, 0.29) is 0 Å². The number of hydrogen-bond donors (Lipinski definition) is 1. The van der Waals surface area contributed by atoms with Crippen LogP contribution in [0.5, 0.6) is 11.5 Å². The zero-order valence-electron chi connectivity index (χ0n) is 18.8. The minimum atomic E-state index is 0.708. The van der Waals surface area contributed by atoms with Crippen LogP contribution in [0.25, 0.3) is 10.9 Å². The first kappa shape index (κ1) is 19.7. The second-order valence-corrected chi connectivity index (χ2v) is 10.4. The van der Waals surface area contributed by atoms with E-state index in [0.29, 0.717) is 5.41 Å². The van der Waals surface area contributed by atoms with Crippen LogP contribution in [0.15, 0.2) is 12.1 Å². The molecule has 4 aliphatic rings. The first-order chi connectivity index (χ1) is 15.2. The van der Waals surface area contributed by atoms with Gasteiger partial charge >= 0.3 is 0 Å². The number of anilines is 1. The molecule has 166 valence electrons. The molecule has 0 radical (unpaired) electrons. The van der Waals surface area contributed by atoms with E-state index in [2.05, 4.69) is 22.3 Å². The Bertz CT molecular complexity index is 973. The lowest BCUT2D eigenvalue weighted by molar-refractivity contribution is -0.0608. The fourth-order valence-electron chi connectivity index (χ4n) is 5.84. The van der Waals surface area contributed by atoms with Crippen molar-refractivity contribution in [3.05, 3.63) is 23.4 Å². The van der Waals surface area contributed by atoms with Gasteiger partial charge in [-0.15, -0.1) is 0 Å². The number of methoxy groups -OCH3 is 1. The number of benzene rings is 1. The van der Waals surface area contributed by atoms with Gasteiger partial charge in [0.05, 0.1) is 19.2 Å². The van der Waals surface area contributed by atoms with Crippen molar-refractivity contribution in [2.45, 2.75) is 57.8 Å². The molecule has 6 rings (SSSR count). The van der Waals surface area contributed by atoms with Crippen LogP contribution in [0, 0.1) is 11.3 Å². The molecule has 3 aliphatic carbocycles. The molecule has 2 saturated carbocycles. The maximum absolute atomic E-state index is 6.20. The predicted molar refractivity (Wildman–Crippen MR) is 124 cm³/mol. The number of pyridine rings is 1. The van der Waals surface area contributed by atoms with Crippen molar-refractivity contribution in [2.24, 2.45) is 11.3 Å². The van der Waals surface area contributed by atoms with Crippen LogP contribution in [-0.2, 0) is 12.8 Å². The summed E-state index contributed by atoms with van der Waals surface area (Å²) in [6.07, 6.45) is 11.5. The second-order valence-electron chi connectivity index (χ2n) is 10.4. The van der Waals surface area contributed by atoms with Crippen LogP contribution in [0.4, 0.5) is 5.69 Å². The quantitative estimate of drug-likeness (QED) is 0.589. The summed E-state index contributed by atoms with van der Waals surface area (Å²) in [4.78, 5) is 7.61. The smallest absolute Gasteiger partial charge is 0.163 e. The van der Waals surface area contributed by atoms with Crippen LogP contribution in [0.2, 0.25) is 0 Å². The third-order valence-electron chi connectivity index (χ3n) is 7.97. The largest absolute Gasteiger partial charge is 0.493 e. The Morgan fingerprint density at radius 3 is 2.74 bits per heavy atom. The van der Waals surface area contributed by atoms with Gasteiger partial charge in [-0.05, 0) is 74.3 Å². The number of rotatable bonds is 9. The lowest BCUT2D eigenvalue weighted by atomic mass is 9.63. The molecule has 5 nitrogen and oxygen atoms in total.